The van der Waals surface area contributed by atoms with E-state index < -0.39 is 38.7 Å². The first-order chi connectivity index (χ1) is 20.0. The molecule has 13 heteroatoms. The minimum Gasteiger partial charge on any atom is -0.482 e. The van der Waals surface area contributed by atoms with Gasteiger partial charge in [-0.15, -0.1) is 0 Å². The smallest absolute Gasteiger partial charge is 0.482 e. The number of hydrogen-bond acceptors (Lipinski definition) is 7. The number of ether oxygens (including phenoxy) is 2. The van der Waals surface area contributed by atoms with E-state index in [1.165, 1.54) is 6.07 Å². The zero-order valence-electron chi connectivity index (χ0n) is 24.7. The standard InChI is InChI=1S/C30H35F3N2O7S/c1-6-34(7-2)26(36)21-10-8-20(9-11-21)24-19-29(14-16-35(17-15-29)27(37)41-28(3,4)5)40-25-18-22(12-13-23(24)25)42-43(38,39)30(31,32)33/h8-13,18-19H,6-7,14-17H2,1-5H3. The van der Waals surface area contributed by atoms with Crippen molar-refractivity contribution in [2.75, 3.05) is 26.2 Å². The van der Waals surface area contributed by atoms with E-state index in [-0.39, 0.29) is 24.7 Å². The number of carbonyl (C=O) groups is 2. The predicted octanol–water partition coefficient (Wildman–Crippen LogP) is 5.99. The van der Waals surface area contributed by atoms with Gasteiger partial charge >= 0.3 is 21.7 Å². The van der Waals surface area contributed by atoms with Crippen molar-refractivity contribution in [2.24, 2.45) is 0 Å². The Labute approximate surface area is 249 Å². The Morgan fingerprint density at radius 3 is 2.14 bits per heavy atom. The average Bonchev–Trinajstić information content (AvgIpc) is 2.92. The molecular formula is C30H35F3N2O7S. The fraction of sp³-hybridized carbons (Fsp3) is 0.467. The molecule has 0 atom stereocenters. The Hall–Kier alpha value is -3.74. The molecule has 1 fully saturated rings. The van der Waals surface area contributed by atoms with Crippen molar-refractivity contribution in [3.05, 3.63) is 65.2 Å². The van der Waals surface area contributed by atoms with Crippen molar-refractivity contribution in [3.63, 3.8) is 0 Å². The number of fused-ring (bicyclic) bond motifs is 1. The van der Waals surface area contributed by atoms with Crippen LogP contribution in [0.1, 0.15) is 68.9 Å². The molecule has 9 nitrogen and oxygen atoms in total. The van der Waals surface area contributed by atoms with Crippen LogP contribution < -0.4 is 8.92 Å². The second-order valence-corrected chi connectivity index (χ2v) is 12.9. The van der Waals surface area contributed by atoms with Crippen LogP contribution in [0, 0.1) is 0 Å². The van der Waals surface area contributed by atoms with Crippen LogP contribution in [0.2, 0.25) is 0 Å². The molecule has 2 aromatic rings. The maximum absolute atomic E-state index is 13.0. The maximum Gasteiger partial charge on any atom is 0.534 e. The van der Waals surface area contributed by atoms with Gasteiger partial charge in [-0.1, -0.05) is 12.1 Å². The van der Waals surface area contributed by atoms with Crippen LogP contribution in [0.25, 0.3) is 5.57 Å². The molecule has 2 heterocycles. The molecule has 2 aliphatic heterocycles. The van der Waals surface area contributed by atoms with Gasteiger partial charge in [0.25, 0.3) is 5.91 Å². The average molecular weight is 625 g/mol. The second-order valence-electron chi connectivity index (χ2n) is 11.4. The zero-order chi connectivity index (χ0) is 31.8. The monoisotopic (exact) mass is 624 g/mol. The number of rotatable bonds is 6. The van der Waals surface area contributed by atoms with Gasteiger partial charge in [-0.05, 0) is 76.1 Å². The summed E-state index contributed by atoms with van der Waals surface area (Å²) in [6, 6.07) is 10.6. The molecule has 0 aromatic heterocycles. The summed E-state index contributed by atoms with van der Waals surface area (Å²) in [7, 11) is -5.90. The lowest BCUT2D eigenvalue weighted by atomic mass is 9.83. The Balaban J connectivity index is 1.70. The van der Waals surface area contributed by atoms with Gasteiger partial charge in [0.15, 0.2) is 0 Å². The number of piperidine rings is 1. The Morgan fingerprint density at radius 1 is 1.00 bits per heavy atom. The van der Waals surface area contributed by atoms with E-state index >= 15 is 0 Å². The van der Waals surface area contributed by atoms with Gasteiger partial charge in [0, 0.05) is 56.2 Å². The van der Waals surface area contributed by atoms with Crippen molar-refractivity contribution in [2.45, 2.75) is 64.2 Å². The largest absolute Gasteiger partial charge is 0.534 e. The van der Waals surface area contributed by atoms with Gasteiger partial charge in [0.1, 0.15) is 22.7 Å². The number of alkyl halides is 3. The van der Waals surface area contributed by atoms with E-state index in [0.717, 1.165) is 12.1 Å². The van der Waals surface area contributed by atoms with Crippen LogP contribution in [0.4, 0.5) is 18.0 Å². The summed E-state index contributed by atoms with van der Waals surface area (Å²) < 4.78 is 78.5. The van der Waals surface area contributed by atoms with Crippen LogP contribution in [0.5, 0.6) is 11.5 Å². The molecule has 0 aliphatic carbocycles. The summed E-state index contributed by atoms with van der Waals surface area (Å²) in [6.45, 7) is 10.8. The van der Waals surface area contributed by atoms with E-state index in [2.05, 4.69) is 4.18 Å². The first-order valence-corrected chi connectivity index (χ1v) is 15.3. The van der Waals surface area contributed by atoms with Crippen molar-refractivity contribution in [1.82, 2.24) is 9.80 Å². The summed E-state index contributed by atoms with van der Waals surface area (Å²) in [4.78, 5) is 28.8. The molecule has 43 heavy (non-hydrogen) atoms. The first-order valence-electron chi connectivity index (χ1n) is 13.9. The molecule has 0 unspecified atom stereocenters. The minimum absolute atomic E-state index is 0.114. The molecule has 0 saturated carbocycles. The molecular weight excluding hydrogens is 589 g/mol. The number of carbonyl (C=O) groups excluding carboxylic acids is 2. The minimum atomic E-state index is -5.90. The molecule has 2 amide bonds. The van der Waals surface area contributed by atoms with Crippen LogP contribution in [0.15, 0.2) is 48.5 Å². The highest BCUT2D eigenvalue weighted by Crippen LogP contribution is 2.45. The highest BCUT2D eigenvalue weighted by atomic mass is 32.2. The highest BCUT2D eigenvalue weighted by Gasteiger charge is 2.49. The molecule has 1 saturated heterocycles. The number of benzene rings is 2. The lowest BCUT2D eigenvalue weighted by Crippen LogP contribution is -2.50. The van der Waals surface area contributed by atoms with Gasteiger partial charge in [0.2, 0.25) is 0 Å². The van der Waals surface area contributed by atoms with Gasteiger partial charge in [-0.3, -0.25) is 4.79 Å². The van der Waals surface area contributed by atoms with Gasteiger partial charge in [-0.2, -0.15) is 21.6 Å². The topological polar surface area (TPSA) is 102 Å². The van der Waals surface area contributed by atoms with E-state index in [9.17, 15) is 31.2 Å². The maximum atomic E-state index is 13.0. The summed E-state index contributed by atoms with van der Waals surface area (Å²) in [5.74, 6) is -0.545. The predicted molar refractivity (Wildman–Crippen MR) is 153 cm³/mol. The van der Waals surface area contributed by atoms with Crippen molar-refractivity contribution in [1.29, 1.82) is 0 Å². The van der Waals surface area contributed by atoms with E-state index in [0.29, 0.717) is 48.2 Å². The number of nitrogens with zero attached hydrogens (tertiary/aromatic N) is 2. The summed E-state index contributed by atoms with van der Waals surface area (Å²) >= 11 is 0. The van der Waals surface area contributed by atoms with Crippen LogP contribution in [0.3, 0.4) is 0 Å². The third-order valence-corrected chi connectivity index (χ3v) is 8.19. The quantitative estimate of drug-likeness (QED) is 0.287. The van der Waals surface area contributed by atoms with Crippen LogP contribution >= 0.6 is 0 Å². The van der Waals surface area contributed by atoms with Crippen molar-refractivity contribution >= 4 is 27.7 Å². The molecule has 2 aromatic carbocycles. The molecule has 1 spiro atoms. The fourth-order valence-corrected chi connectivity index (χ4v) is 5.44. The number of likely N-dealkylation sites (tertiary alicyclic amines) is 1. The molecule has 4 rings (SSSR count). The summed E-state index contributed by atoms with van der Waals surface area (Å²) in [5.41, 5.74) is -4.84. The van der Waals surface area contributed by atoms with Crippen LogP contribution in [-0.4, -0.2) is 73.1 Å². The number of amides is 2. The molecule has 2 aliphatic rings. The molecule has 0 bridgehead atoms. The fourth-order valence-electron chi connectivity index (χ4n) is 4.99. The first kappa shape index (κ1) is 32.2. The van der Waals surface area contributed by atoms with Gasteiger partial charge in [-0.25, -0.2) is 4.79 Å². The van der Waals surface area contributed by atoms with Crippen molar-refractivity contribution < 1.29 is 44.8 Å². The number of halogens is 3. The second kappa shape index (κ2) is 11.7. The third kappa shape index (κ3) is 7.09. The molecule has 0 N–H and O–H groups in total. The summed E-state index contributed by atoms with van der Waals surface area (Å²) in [6.07, 6.45) is 2.11. The van der Waals surface area contributed by atoms with Crippen LogP contribution in [-0.2, 0) is 14.9 Å². The lowest BCUT2D eigenvalue weighted by molar-refractivity contribution is -0.0500. The van der Waals surface area contributed by atoms with E-state index in [1.54, 1.807) is 54.8 Å². The lowest BCUT2D eigenvalue weighted by Gasteiger charge is -2.43. The van der Waals surface area contributed by atoms with Gasteiger partial charge < -0.3 is 23.5 Å². The Morgan fingerprint density at radius 2 is 1.60 bits per heavy atom. The Bertz CT molecular complexity index is 1500. The van der Waals surface area contributed by atoms with E-state index in [4.69, 9.17) is 9.47 Å². The third-order valence-electron chi connectivity index (χ3n) is 7.21. The van der Waals surface area contributed by atoms with Gasteiger partial charge in [0.05, 0.1) is 0 Å². The molecule has 0 radical (unpaired) electrons. The van der Waals surface area contributed by atoms with Crippen molar-refractivity contribution in [3.8, 4) is 11.5 Å². The summed E-state index contributed by atoms with van der Waals surface area (Å²) in [5, 5.41) is 0. The number of hydrogen-bond donors (Lipinski definition) is 0. The molecule has 234 valence electrons. The highest BCUT2D eigenvalue weighted by molar-refractivity contribution is 7.88. The normalized spacial score (nSPS) is 16.6. The SMILES string of the molecule is CCN(CC)C(=O)c1ccc(C2=CC3(CCN(C(=O)OC(C)(C)C)CC3)Oc3cc(OS(=O)(=O)C(F)(F)F)ccc32)cc1. The zero-order valence-corrected chi connectivity index (χ0v) is 25.5. The van der Waals surface area contributed by atoms with E-state index in [1.807, 2.05) is 19.9 Å². The Kier molecular flexibility index (Phi) is 8.79.